The maximum atomic E-state index is 12.9. The van der Waals surface area contributed by atoms with Gasteiger partial charge in [0.2, 0.25) is 0 Å². The maximum Gasteiger partial charge on any atom is 0.295 e. The quantitative estimate of drug-likeness (QED) is 0.395. The van der Waals surface area contributed by atoms with E-state index in [1.54, 1.807) is 37.3 Å². The van der Waals surface area contributed by atoms with Crippen molar-refractivity contribution in [1.29, 1.82) is 0 Å². The lowest BCUT2D eigenvalue weighted by molar-refractivity contribution is -0.140. The average molecular weight is 418 g/mol. The summed E-state index contributed by atoms with van der Waals surface area (Å²) in [5.74, 6) is -0.169. The lowest BCUT2D eigenvalue weighted by Crippen LogP contribution is -2.30. The average Bonchev–Trinajstić information content (AvgIpc) is 3.23. The Morgan fingerprint density at radius 3 is 2.62 bits per heavy atom. The number of amides is 1. The Labute approximate surface area is 174 Å². The number of nitrogens with zero attached hydrogens (tertiary/aromatic N) is 1. The van der Waals surface area contributed by atoms with Gasteiger partial charge in [-0.25, -0.2) is 0 Å². The fraction of sp³-hybridized carbons (Fsp3) is 0.364. The summed E-state index contributed by atoms with van der Waals surface area (Å²) in [7, 11) is 0. The van der Waals surface area contributed by atoms with Gasteiger partial charge in [0, 0.05) is 12.1 Å². The molecule has 1 saturated heterocycles. The largest absolute Gasteiger partial charge is 0.507 e. The van der Waals surface area contributed by atoms with Gasteiger partial charge in [0.15, 0.2) is 0 Å². The molecule has 7 heteroatoms. The van der Waals surface area contributed by atoms with Crippen molar-refractivity contribution in [2.24, 2.45) is 0 Å². The van der Waals surface area contributed by atoms with Gasteiger partial charge in [-0.2, -0.15) is 0 Å². The summed E-state index contributed by atoms with van der Waals surface area (Å²) in [6.07, 6.45) is 1.58. The van der Waals surface area contributed by atoms with Gasteiger partial charge in [0.25, 0.3) is 11.7 Å². The van der Waals surface area contributed by atoms with E-state index in [9.17, 15) is 14.7 Å². The number of ketones is 1. The Hall–Kier alpha value is -2.73. The molecule has 1 atom stereocenters. The Morgan fingerprint density at radius 1 is 1.24 bits per heavy atom. The molecule has 1 aliphatic rings. The number of ether oxygens (including phenoxy) is 1. The number of carbonyl (C=O) groups excluding carboxylic acids is 2. The molecular weight excluding hydrogens is 394 g/mol. The van der Waals surface area contributed by atoms with E-state index in [4.69, 9.17) is 20.8 Å². The normalized spacial score (nSPS) is 18.5. The number of unbranched alkanes of at least 4 members (excludes halogenated alkanes) is 1. The highest BCUT2D eigenvalue weighted by molar-refractivity contribution is 6.46. The van der Waals surface area contributed by atoms with Gasteiger partial charge in [0.1, 0.15) is 29.1 Å². The van der Waals surface area contributed by atoms with Gasteiger partial charge < -0.3 is 19.2 Å². The zero-order chi connectivity index (χ0) is 21.1. The molecule has 1 fully saturated rings. The molecule has 6 nitrogen and oxygen atoms in total. The minimum Gasteiger partial charge on any atom is -0.507 e. The van der Waals surface area contributed by atoms with Crippen molar-refractivity contribution in [3.8, 4) is 5.75 Å². The molecule has 1 amide bonds. The van der Waals surface area contributed by atoms with E-state index < -0.39 is 17.7 Å². The summed E-state index contributed by atoms with van der Waals surface area (Å²) < 4.78 is 11.2. The van der Waals surface area contributed by atoms with Crippen molar-refractivity contribution in [2.75, 3.05) is 13.2 Å². The molecule has 3 rings (SSSR count). The number of aliphatic hydroxyl groups excluding tert-OH is 1. The SMILES string of the molecule is CCCCN1C(=O)C(=O)/C(=C(/O)c2cc(OCC)ccc2Cl)C1c1ccc(C)o1. The lowest BCUT2D eigenvalue weighted by atomic mass is 9.99. The second-order valence-corrected chi connectivity index (χ2v) is 7.28. The van der Waals surface area contributed by atoms with E-state index in [-0.39, 0.29) is 21.9 Å². The van der Waals surface area contributed by atoms with Crippen molar-refractivity contribution in [1.82, 2.24) is 4.90 Å². The van der Waals surface area contributed by atoms with Gasteiger partial charge in [-0.15, -0.1) is 0 Å². The summed E-state index contributed by atoms with van der Waals surface area (Å²) >= 11 is 6.29. The Balaban J connectivity index is 2.17. The van der Waals surface area contributed by atoms with Gasteiger partial charge >= 0.3 is 0 Å². The summed E-state index contributed by atoms with van der Waals surface area (Å²) in [4.78, 5) is 27.1. The van der Waals surface area contributed by atoms with Gasteiger partial charge in [-0.3, -0.25) is 9.59 Å². The summed E-state index contributed by atoms with van der Waals surface area (Å²) in [5, 5.41) is 11.3. The molecule has 0 saturated carbocycles. The number of carbonyl (C=O) groups is 2. The minimum absolute atomic E-state index is 0.0315. The van der Waals surface area contributed by atoms with Crippen LogP contribution in [-0.2, 0) is 9.59 Å². The van der Waals surface area contributed by atoms with E-state index in [0.717, 1.165) is 12.8 Å². The van der Waals surface area contributed by atoms with Crippen LogP contribution in [0.3, 0.4) is 0 Å². The number of aryl methyl sites for hydroxylation is 1. The Morgan fingerprint density at radius 2 is 2.00 bits per heavy atom. The van der Waals surface area contributed by atoms with Crippen molar-refractivity contribution in [3.63, 3.8) is 0 Å². The predicted octanol–water partition coefficient (Wildman–Crippen LogP) is 4.86. The van der Waals surface area contributed by atoms with E-state index in [2.05, 4.69) is 0 Å². The zero-order valence-corrected chi connectivity index (χ0v) is 17.5. The predicted molar refractivity (Wildman–Crippen MR) is 110 cm³/mol. The third-order valence-electron chi connectivity index (χ3n) is 4.83. The summed E-state index contributed by atoms with van der Waals surface area (Å²) in [6.45, 7) is 6.45. The number of Topliss-reactive ketones (excluding diaryl/α,β-unsaturated/α-hetero) is 1. The fourth-order valence-corrected chi connectivity index (χ4v) is 3.63. The van der Waals surface area contributed by atoms with Crippen molar-refractivity contribution >= 4 is 29.1 Å². The molecule has 29 heavy (non-hydrogen) atoms. The first kappa shape index (κ1) is 21.0. The van der Waals surface area contributed by atoms with Crippen LogP contribution in [0.1, 0.15) is 49.8 Å². The lowest BCUT2D eigenvalue weighted by Gasteiger charge is -2.23. The first-order chi connectivity index (χ1) is 13.9. The molecule has 2 aromatic rings. The molecule has 0 radical (unpaired) electrons. The number of aliphatic hydroxyl groups is 1. The second kappa shape index (κ2) is 8.74. The highest BCUT2D eigenvalue weighted by Crippen LogP contribution is 2.41. The molecular formula is C22H24ClNO5. The molecule has 1 aliphatic heterocycles. The molecule has 1 aromatic heterocycles. The number of furan rings is 1. The van der Waals surface area contributed by atoms with E-state index >= 15 is 0 Å². The van der Waals surface area contributed by atoms with Crippen LogP contribution in [0.2, 0.25) is 5.02 Å². The fourth-order valence-electron chi connectivity index (χ4n) is 3.42. The van der Waals surface area contributed by atoms with Crippen LogP contribution < -0.4 is 4.74 Å². The highest BCUT2D eigenvalue weighted by atomic mass is 35.5. The topological polar surface area (TPSA) is 80.0 Å². The Bertz CT molecular complexity index is 962. The Kier molecular flexibility index (Phi) is 6.33. The van der Waals surface area contributed by atoms with Crippen molar-refractivity contribution < 1.29 is 23.8 Å². The molecule has 0 spiro atoms. The third kappa shape index (κ3) is 4.03. The maximum absolute atomic E-state index is 12.9. The number of hydrogen-bond donors (Lipinski definition) is 1. The monoisotopic (exact) mass is 417 g/mol. The van der Waals surface area contributed by atoms with Crippen LogP contribution in [-0.4, -0.2) is 34.8 Å². The van der Waals surface area contributed by atoms with E-state index in [1.165, 1.54) is 4.90 Å². The number of hydrogen-bond acceptors (Lipinski definition) is 5. The second-order valence-electron chi connectivity index (χ2n) is 6.87. The third-order valence-corrected chi connectivity index (χ3v) is 5.16. The van der Waals surface area contributed by atoms with Gasteiger partial charge in [0.05, 0.1) is 17.2 Å². The number of halogens is 1. The first-order valence-corrected chi connectivity index (χ1v) is 10.0. The number of rotatable bonds is 7. The molecule has 1 N–H and O–H groups in total. The molecule has 2 heterocycles. The molecule has 1 aromatic carbocycles. The van der Waals surface area contributed by atoms with Crippen LogP contribution >= 0.6 is 11.6 Å². The van der Waals surface area contributed by atoms with Crippen LogP contribution in [0.25, 0.3) is 5.76 Å². The first-order valence-electron chi connectivity index (χ1n) is 9.66. The van der Waals surface area contributed by atoms with Gasteiger partial charge in [-0.1, -0.05) is 24.9 Å². The molecule has 0 bridgehead atoms. The van der Waals surface area contributed by atoms with E-state index in [1.807, 2.05) is 13.8 Å². The highest BCUT2D eigenvalue weighted by Gasteiger charge is 2.47. The van der Waals surface area contributed by atoms with Crippen molar-refractivity contribution in [3.05, 3.63) is 58.0 Å². The summed E-state index contributed by atoms with van der Waals surface area (Å²) in [5.41, 5.74) is 0.204. The molecule has 1 unspecified atom stereocenters. The number of benzene rings is 1. The van der Waals surface area contributed by atoms with Gasteiger partial charge in [-0.05, 0) is 50.6 Å². The minimum atomic E-state index is -0.804. The van der Waals surface area contributed by atoms with Crippen LogP contribution in [0, 0.1) is 6.92 Å². The van der Waals surface area contributed by atoms with Crippen LogP contribution in [0.15, 0.2) is 40.3 Å². The van der Waals surface area contributed by atoms with Crippen LogP contribution in [0.5, 0.6) is 5.75 Å². The smallest absolute Gasteiger partial charge is 0.295 e. The molecule has 154 valence electrons. The van der Waals surface area contributed by atoms with Crippen molar-refractivity contribution in [2.45, 2.75) is 39.7 Å². The standard InChI is InChI=1S/C22H24ClNO5/c1-4-6-11-24-19(17-10-7-13(3)29-17)18(21(26)22(24)27)20(25)15-12-14(28-5-2)8-9-16(15)23/h7-10,12,19,25H,4-6,11H2,1-3H3/b20-18+. The summed E-state index contributed by atoms with van der Waals surface area (Å²) in [6, 6.07) is 7.50. The molecule has 0 aliphatic carbocycles. The zero-order valence-electron chi connectivity index (χ0n) is 16.7. The van der Waals surface area contributed by atoms with Crippen LogP contribution in [0.4, 0.5) is 0 Å². The number of likely N-dealkylation sites (tertiary alicyclic amines) is 1. The van der Waals surface area contributed by atoms with E-state index in [0.29, 0.717) is 30.4 Å².